The summed E-state index contributed by atoms with van der Waals surface area (Å²) in [7, 11) is 0. The molecule has 0 spiro atoms. The second-order valence-electron chi connectivity index (χ2n) is 5.83. The number of hydrogen-bond acceptors (Lipinski definition) is 2. The van der Waals surface area contributed by atoms with Crippen LogP contribution in [0.2, 0.25) is 0 Å². The van der Waals surface area contributed by atoms with E-state index in [4.69, 9.17) is 4.98 Å². The number of nitrogens with zero attached hydrogens (tertiary/aromatic N) is 2. The van der Waals surface area contributed by atoms with Crippen LogP contribution in [-0.2, 0) is 12.8 Å². The Morgan fingerprint density at radius 3 is 2.78 bits per heavy atom. The molecule has 0 unspecified atom stereocenters. The maximum atomic E-state index is 4.92. The molecule has 0 aromatic carbocycles. The van der Waals surface area contributed by atoms with Crippen molar-refractivity contribution >= 4 is 16.3 Å². The van der Waals surface area contributed by atoms with Crippen LogP contribution < -0.4 is 0 Å². The molecule has 2 heterocycles. The smallest absolute Gasteiger partial charge is 0.194 e. The molecule has 2 aliphatic rings. The molecule has 96 valence electrons. The molecular weight excluding hydrogens is 240 g/mol. The Bertz CT molecular complexity index is 560. The van der Waals surface area contributed by atoms with Crippen LogP contribution in [0.15, 0.2) is 6.20 Å². The third-order valence-corrected chi connectivity index (χ3v) is 5.77. The minimum Gasteiger partial charge on any atom is -0.294 e. The molecule has 0 N–H and O–H groups in total. The lowest BCUT2D eigenvalue weighted by molar-refractivity contribution is 0.438. The summed E-state index contributed by atoms with van der Waals surface area (Å²) in [5.41, 5.74) is 2.94. The van der Waals surface area contributed by atoms with E-state index in [9.17, 15) is 0 Å². The summed E-state index contributed by atoms with van der Waals surface area (Å²) in [5, 5.41) is 0. The fraction of sp³-hybridized carbons (Fsp3) is 0.667. The molecule has 0 bridgehead atoms. The van der Waals surface area contributed by atoms with Crippen LogP contribution in [0.4, 0.5) is 0 Å². The van der Waals surface area contributed by atoms with Gasteiger partial charge in [-0.2, -0.15) is 0 Å². The Morgan fingerprint density at radius 1 is 1.06 bits per heavy atom. The summed E-state index contributed by atoms with van der Waals surface area (Å²) in [6, 6.07) is 0. The Kier molecular flexibility index (Phi) is 2.68. The quantitative estimate of drug-likeness (QED) is 0.746. The minimum atomic E-state index is 0.741. The third kappa shape index (κ3) is 1.71. The minimum absolute atomic E-state index is 0.741. The van der Waals surface area contributed by atoms with E-state index in [0.29, 0.717) is 0 Å². The Balaban J connectivity index is 1.73. The lowest BCUT2D eigenvalue weighted by atomic mass is 9.87. The fourth-order valence-electron chi connectivity index (χ4n) is 3.58. The number of thiazole rings is 1. The Labute approximate surface area is 112 Å². The van der Waals surface area contributed by atoms with Gasteiger partial charge in [0.2, 0.25) is 0 Å². The van der Waals surface area contributed by atoms with Crippen molar-refractivity contribution in [1.82, 2.24) is 9.38 Å². The van der Waals surface area contributed by atoms with E-state index in [1.807, 2.05) is 11.3 Å². The SMILES string of the molecule is c1c(C2CCCCC2)nc2sc3c(n12)CCCC3. The molecule has 0 saturated heterocycles. The first kappa shape index (κ1) is 11.0. The van der Waals surface area contributed by atoms with Crippen LogP contribution in [-0.4, -0.2) is 9.38 Å². The van der Waals surface area contributed by atoms with Crippen molar-refractivity contribution in [3.8, 4) is 0 Å². The first-order valence-electron chi connectivity index (χ1n) is 7.41. The van der Waals surface area contributed by atoms with Gasteiger partial charge in [-0.05, 0) is 38.5 Å². The van der Waals surface area contributed by atoms with Gasteiger partial charge in [-0.1, -0.05) is 19.3 Å². The molecule has 1 fully saturated rings. The zero-order valence-electron chi connectivity index (χ0n) is 10.8. The van der Waals surface area contributed by atoms with Crippen molar-refractivity contribution < 1.29 is 0 Å². The molecule has 2 nitrogen and oxygen atoms in total. The number of fused-ring (bicyclic) bond motifs is 3. The number of aryl methyl sites for hydroxylation is 2. The van der Waals surface area contributed by atoms with E-state index >= 15 is 0 Å². The zero-order chi connectivity index (χ0) is 11.9. The zero-order valence-corrected chi connectivity index (χ0v) is 11.6. The predicted molar refractivity (Wildman–Crippen MR) is 75.5 cm³/mol. The van der Waals surface area contributed by atoms with Gasteiger partial charge >= 0.3 is 0 Å². The molecule has 18 heavy (non-hydrogen) atoms. The Morgan fingerprint density at radius 2 is 1.89 bits per heavy atom. The van der Waals surface area contributed by atoms with Crippen molar-refractivity contribution in [2.45, 2.75) is 63.7 Å². The average molecular weight is 260 g/mol. The van der Waals surface area contributed by atoms with Crippen molar-refractivity contribution in [2.75, 3.05) is 0 Å². The summed E-state index contributed by atoms with van der Waals surface area (Å²) in [4.78, 5) is 7.77. The highest BCUT2D eigenvalue weighted by Crippen LogP contribution is 2.35. The van der Waals surface area contributed by atoms with Gasteiger partial charge in [0, 0.05) is 22.7 Å². The van der Waals surface area contributed by atoms with Gasteiger partial charge in [0.1, 0.15) is 0 Å². The molecule has 0 amide bonds. The number of aromatic nitrogens is 2. The van der Waals surface area contributed by atoms with Gasteiger partial charge in [0.15, 0.2) is 4.96 Å². The van der Waals surface area contributed by atoms with Gasteiger partial charge in [-0.3, -0.25) is 4.40 Å². The highest BCUT2D eigenvalue weighted by Gasteiger charge is 2.22. The second kappa shape index (κ2) is 4.37. The van der Waals surface area contributed by atoms with Crippen LogP contribution in [0.5, 0.6) is 0 Å². The van der Waals surface area contributed by atoms with Crippen molar-refractivity contribution in [1.29, 1.82) is 0 Å². The standard InChI is InChI=1S/C15H20N2S/c1-2-6-11(7-3-1)12-10-17-13-8-4-5-9-14(13)18-15(17)16-12/h10-11H,1-9H2. The van der Waals surface area contributed by atoms with E-state index in [2.05, 4.69) is 10.6 Å². The predicted octanol–water partition coefficient (Wildman–Crippen LogP) is 4.32. The molecular formula is C15H20N2S. The summed E-state index contributed by atoms with van der Waals surface area (Å²) >= 11 is 1.94. The summed E-state index contributed by atoms with van der Waals surface area (Å²) < 4.78 is 2.41. The molecule has 0 aliphatic heterocycles. The molecule has 3 heteroatoms. The molecule has 2 aromatic heterocycles. The lowest BCUT2D eigenvalue weighted by Crippen LogP contribution is -2.05. The molecule has 2 aromatic rings. The van der Waals surface area contributed by atoms with E-state index in [0.717, 1.165) is 5.92 Å². The highest BCUT2D eigenvalue weighted by atomic mass is 32.1. The van der Waals surface area contributed by atoms with E-state index in [-0.39, 0.29) is 0 Å². The first-order chi connectivity index (χ1) is 8.92. The monoisotopic (exact) mass is 260 g/mol. The van der Waals surface area contributed by atoms with Gasteiger partial charge in [-0.25, -0.2) is 4.98 Å². The van der Waals surface area contributed by atoms with Gasteiger partial charge in [-0.15, -0.1) is 11.3 Å². The van der Waals surface area contributed by atoms with Gasteiger partial charge in [0.05, 0.1) is 5.69 Å². The van der Waals surface area contributed by atoms with Crippen molar-refractivity contribution in [3.63, 3.8) is 0 Å². The fourth-order valence-corrected chi connectivity index (χ4v) is 4.78. The van der Waals surface area contributed by atoms with Crippen molar-refractivity contribution in [3.05, 3.63) is 22.5 Å². The van der Waals surface area contributed by atoms with Crippen LogP contribution in [0.3, 0.4) is 0 Å². The highest BCUT2D eigenvalue weighted by molar-refractivity contribution is 7.17. The first-order valence-corrected chi connectivity index (χ1v) is 8.23. The van der Waals surface area contributed by atoms with Crippen molar-refractivity contribution in [2.24, 2.45) is 0 Å². The molecule has 0 atom stereocenters. The topological polar surface area (TPSA) is 17.3 Å². The van der Waals surface area contributed by atoms with Crippen LogP contribution in [0.1, 0.15) is 67.1 Å². The molecule has 4 rings (SSSR count). The normalized spacial score (nSPS) is 21.3. The van der Waals surface area contributed by atoms with E-state index in [1.54, 1.807) is 10.6 Å². The average Bonchev–Trinajstić information content (AvgIpc) is 2.97. The lowest BCUT2D eigenvalue weighted by Gasteiger charge is -2.19. The van der Waals surface area contributed by atoms with Crippen LogP contribution in [0, 0.1) is 0 Å². The maximum absolute atomic E-state index is 4.92. The third-order valence-electron chi connectivity index (χ3n) is 4.61. The summed E-state index contributed by atoms with van der Waals surface area (Å²) in [6.45, 7) is 0. The summed E-state index contributed by atoms with van der Waals surface area (Å²) in [6.07, 6.45) is 14.5. The van der Waals surface area contributed by atoms with E-state index < -0.39 is 0 Å². The van der Waals surface area contributed by atoms with E-state index in [1.165, 1.54) is 68.4 Å². The molecule has 1 saturated carbocycles. The van der Waals surface area contributed by atoms with Gasteiger partial charge < -0.3 is 0 Å². The molecule has 2 aliphatic carbocycles. The number of hydrogen-bond donors (Lipinski definition) is 0. The molecule has 0 radical (unpaired) electrons. The van der Waals surface area contributed by atoms with Crippen LogP contribution in [0.25, 0.3) is 4.96 Å². The van der Waals surface area contributed by atoms with Gasteiger partial charge in [0.25, 0.3) is 0 Å². The van der Waals surface area contributed by atoms with Crippen LogP contribution >= 0.6 is 11.3 Å². The Hall–Kier alpha value is -0.830. The number of imidazole rings is 1. The maximum Gasteiger partial charge on any atom is 0.194 e. The number of rotatable bonds is 1. The second-order valence-corrected chi connectivity index (χ2v) is 6.89. The summed E-state index contributed by atoms with van der Waals surface area (Å²) in [5.74, 6) is 0.741. The largest absolute Gasteiger partial charge is 0.294 e.